The van der Waals surface area contributed by atoms with Gasteiger partial charge in [0.25, 0.3) is 5.91 Å². The molecule has 1 N–H and O–H groups in total. The third-order valence-electron chi connectivity index (χ3n) is 4.58. The number of aromatic nitrogens is 3. The van der Waals surface area contributed by atoms with Crippen LogP contribution in [0.15, 0.2) is 47.4 Å². The number of carbonyl (C=O) groups excluding carboxylic acids is 1. The van der Waals surface area contributed by atoms with Gasteiger partial charge in [-0.2, -0.15) is 9.78 Å². The Kier molecular flexibility index (Phi) is 4.95. The number of nitrogens with zero attached hydrogens (tertiary/aromatic N) is 3. The van der Waals surface area contributed by atoms with Crippen molar-refractivity contribution in [2.45, 2.75) is 25.7 Å². The summed E-state index contributed by atoms with van der Waals surface area (Å²) in [6, 6.07) is 13.7. The number of rotatable bonds is 4. The molecule has 0 aliphatic rings. The second-order valence-electron chi connectivity index (χ2n) is 6.67. The van der Waals surface area contributed by atoms with Crippen LogP contribution in [0.3, 0.4) is 0 Å². The number of aryl methyl sites for hydroxylation is 3. The van der Waals surface area contributed by atoms with E-state index in [1.807, 2.05) is 43.5 Å². The highest BCUT2D eigenvalue weighted by atomic mass is 32.2. The van der Waals surface area contributed by atoms with Crippen LogP contribution in [0.25, 0.3) is 15.3 Å². The lowest BCUT2D eigenvalue weighted by atomic mass is 10.1. The molecule has 2 aromatic carbocycles. The Morgan fingerprint density at radius 1 is 1.11 bits per heavy atom. The Bertz CT molecular complexity index is 1150. The van der Waals surface area contributed by atoms with Crippen LogP contribution >= 0.6 is 23.1 Å². The van der Waals surface area contributed by atoms with E-state index in [0.29, 0.717) is 11.4 Å². The molecule has 4 aromatic rings. The molecule has 0 aliphatic heterocycles. The van der Waals surface area contributed by atoms with Gasteiger partial charge >= 0.3 is 0 Å². The van der Waals surface area contributed by atoms with Crippen LogP contribution in [0.1, 0.15) is 27.2 Å². The molecule has 5 nitrogen and oxygen atoms in total. The molecule has 0 saturated carbocycles. The van der Waals surface area contributed by atoms with E-state index in [4.69, 9.17) is 4.98 Å². The number of amides is 1. The molecule has 0 spiro atoms. The predicted molar refractivity (Wildman–Crippen MR) is 117 cm³/mol. The molecule has 0 atom stereocenters. The van der Waals surface area contributed by atoms with Crippen molar-refractivity contribution in [3.05, 3.63) is 64.8 Å². The Morgan fingerprint density at radius 3 is 2.68 bits per heavy atom. The van der Waals surface area contributed by atoms with Crippen molar-refractivity contribution in [2.75, 3.05) is 11.6 Å². The Labute approximate surface area is 171 Å². The average molecular weight is 409 g/mol. The number of nitrogens with one attached hydrogen (secondary N) is 1. The van der Waals surface area contributed by atoms with Gasteiger partial charge in [-0.1, -0.05) is 17.4 Å². The fourth-order valence-electron chi connectivity index (χ4n) is 2.95. The number of hydrogen-bond donors (Lipinski definition) is 1. The molecule has 0 radical (unpaired) electrons. The van der Waals surface area contributed by atoms with E-state index in [0.717, 1.165) is 25.9 Å². The smallest absolute Gasteiger partial charge is 0.256 e. The molecule has 0 unspecified atom stereocenters. The summed E-state index contributed by atoms with van der Waals surface area (Å²) in [7, 11) is 0. The summed E-state index contributed by atoms with van der Waals surface area (Å²) in [5, 5.41) is 8.27. The number of carbonyl (C=O) groups is 1. The molecule has 0 fully saturated rings. The van der Waals surface area contributed by atoms with E-state index in [1.54, 1.807) is 27.8 Å². The van der Waals surface area contributed by atoms with Crippen LogP contribution in [-0.4, -0.2) is 26.9 Å². The summed E-state index contributed by atoms with van der Waals surface area (Å²) in [6.07, 6.45) is 1.99. The number of hydrogen-bond acceptors (Lipinski definition) is 5. The van der Waals surface area contributed by atoms with Gasteiger partial charge in [0.2, 0.25) is 5.13 Å². The lowest BCUT2D eigenvalue weighted by molar-refractivity contribution is 0.102. The van der Waals surface area contributed by atoms with E-state index in [2.05, 4.69) is 36.4 Å². The zero-order chi connectivity index (χ0) is 19.8. The minimum Gasteiger partial charge on any atom is -0.306 e. The van der Waals surface area contributed by atoms with Crippen LogP contribution < -0.4 is 5.32 Å². The highest BCUT2D eigenvalue weighted by Crippen LogP contribution is 2.29. The highest BCUT2D eigenvalue weighted by molar-refractivity contribution is 7.98. The number of fused-ring (bicyclic) bond motifs is 1. The van der Waals surface area contributed by atoms with Crippen molar-refractivity contribution in [1.29, 1.82) is 0 Å². The number of thiazole rings is 1. The van der Waals surface area contributed by atoms with Gasteiger partial charge < -0.3 is 5.32 Å². The first-order valence-electron chi connectivity index (χ1n) is 8.85. The zero-order valence-electron chi connectivity index (χ0n) is 16.1. The minimum absolute atomic E-state index is 0.162. The van der Waals surface area contributed by atoms with Crippen molar-refractivity contribution in [3.63, 3.8) is 0 Å². The molecular formula is C21H20N4OS2. The lowest BCUT2D eigenvalue weighted by Gasteiger charge is -2.07. The van der Waals surface area contributed by atoms with Gasteiger partial charge in [-0.05, 0) is 68.5 Å². The monoisotopic (exact) mass is 408 g/mol. The summed E-state index contributed by atoms with van der Waals surface area (Å²) >= 11 is 3.17. The quantitative estimate of drug-likeness (QED) is 0.461. The molecule has 2 heterocycles. The first kappa shape index (κ1) is 18.7. The van der Waals surface area contributed by atoms with Gasteiger partial charge in [0.15, 0.2) is 0 Å². The normalized spacial score (nSPS) is 11.1. The molecular weight excluding hydrogens is 388 g/mol. The molecule has 4 rings (SSSR count). The molecule has 0 aliphatic carbocycles. The fraction of sp³-hybridized carbons (Fsp3) is 0.190. The van der Waals surface area contributed by atoms with Crippen LogP contribution in [0.4, 0.5) is 5.82 Å². The topological polar surface area (TPSA) is 59.8 Å². The van der Waals surface area contributed by atoms with Crippen LogP contribution in [-0.2, 0) is 0 Å². The van der Waals surface area contributed by atoms with Gasteiger partial charge in [-0.15, -0.1) is 11.8 Å². The van der Waals surface area contributed by atoms with Crippen molar-refractivity contribution >= 4 is 45.0 Å². The van der Waals surface area contributed by atoms with E-state index in [9.17, 15) is 4.79 Å². The number of benzene rings is 2. The summed E-state index contributed by atoms with van der Waals surface area (Å²) in [5.41, 5.74) is 4.83. The van der Waals surface area contributed by atoms with Crippen molar-refractivity contribution < 1.29 is 4.79 Å². The molecule has 1 amide bonds. The van der Waals surface area contributed by atoms with Crippen LogP contribution in [0.2, 0.25) is 0 Å². The molecule has 28 heavy (non-hydrogen) atoms. The van der Waals surface area contributed by atoms with Crippen LogP contribution in [0, 0.1) is 20.8 Å². The first-order chi connectivity index (χ1) is 13.4. The first-order valence-corrected chi connectivity index (χ1v) is 10.9. The van der Waals surface area contributed by atoms with Gasteiger partial charge in [0.05, 0.1) is 15.9 Å². The van der Waals surface area contributed by atoms with Crippen LogP contribution in [0.5, 0.6) is 0 Å². The number of thioether (sulfide) groups is 1. The lowest BCUT2D eigenvalue weighted by Crippen LogP contribution is -2.15. The third kappa shape index (κ3) is 3.55. The summed E-state index contributed by atoms with van der Waals surface area (Å²) in [5.74, 6) is 0.453. The summed E-state index contributed by atoms with van der Waals surface area (Å²) < 4.78 is 2.82. The second-order valence-corrected chi connectivity index (χ2v) is 8.56. The zero-order valence-corrected chi connectivity index (χ0v) is 17.7. The Hall–Kier alpha value is -2.64. The Balaban J connectivity index is 1.70. The van der Waals surface area contributed by atoms with Gasteiger partial charge in [0.1, 0.15) is 5.82 Å². The highest BCUT2D eigenvalue weighted by Gasteiger charge is 2.16. The van der Waals surface area contributed by atoms with Crippen molar-refractivity contribution in [1.82, 2.24) is 14.8 Å². The van der Waals surface area contributed by atoms with E-state index < -0.39 is 0 Å². The van der Waals surface area contributed by atoms with Gasteiger partial charge in [-0.25, -0.2) is 4.98 Å². The van der Waals surface area contributed by atoms with Gasteiger partial charge in [0, 0.05) is 16.5 Å². The fourth-order valence-corrected chi connectivity index (χ4v) is 4.42. The minimum atomic E-state index is -0.162. The maximum Gasteiger partial charge on any atom is 0.256 e. The predicted octanol–water partition coefficient (Wildman–Crippen LogP) is 5.38. The van der Waals surface area contributed by atoms with E-state index >= 15 is 0 Å². The maximum atomic E-state index is 12.8. The van der Waals surface area contributed by atoms with Crippen molar-refractivity contribution in [3.8, 4) is 5.13 Å². The summed E-state index contributed by atoms with van der Waals surface area (Å²) in [6.45, 7) is 6.09. The average Bonchev–Trinajstić information content (AvgIpc) is 3.24. The standard InChI is InChI=1S/C21H20N4OS2/c1-12-8-17-18(9-13(12)2)28-21(22-17)25-19(10-14(3)24-25)23-20(26)15-6-5-7-16(11-15)27-4/h5-11H,1-4H3,(H,23,26). The maximum absolute atomic E-state index is 12.8. The molecule has 142 valence electrons. The summed E-state index contributed by atoms with van der Waals surface area (Å²) in [4.78, 5) is 18.5. The molecule has 0 bridgehead atoms. The second kappa shape index (κ2) is 7.41. The SMILES string of the molecule is CSc1cccc(C(=O)Nc2cc(C)nn2-c2nc3cc(C)c(C)cc3s2)c1. The largest absolute Gasteiger partial charge is 0.306 e. The molecule has 0 saturated heterocycles. The molecule has 7 heteroatoms. The van der Waals surface area contributed by atoms with E-state index in [1.165, 1.54) is 11.1 Å². The van der Waals surface area contributed by atoms with Crippen molar-refractivity contribution in [2.24, 2.45) is 0 Å². The third-order valence-corrected chi connectivity index (χ3v) is 6.30. The Morgan fingerprint density at radius 2 is 1.89 bits per heavy atom. The van der Waals surface area contributed by atoms with E-state index in [-0.39, 0.29) is 5.91 Å². The number of anilines is 1. The van der Waals surface area contributed by atoms with Gasteiger partial charge in [-0.3, -0.25) is 4.79 Å². The molecule has 2 aromatic heterocycles.